The topological polar surface area (TPSA) is 105 Å². The predicted molar refractivity (Wildman–Crippen MR) is 112 cm³/mol. The number of carboxylic acids is 1. The average Bonchev–Trinajstić information content (AvgIpc) is 2.71. The van der Waals surface area contributed by atoms with Gasteiger partial charge in [0.1, 0.15) is 11.4 Å². The van der Waals surface area contributed by atoms with E-state index in [0.717, 1.165) is 4.47 Å². The minimum atomic E-state index is -0.936. The molecule has 0 unspecified atom stereocenters. The molecule has 0 aliphatic carbocycles. The highest BCUT2D eigenvalue weighted by Gasteiger charge is 2.17. The predicted octanol–water partition coefficient (Wildman–Crippen LogP) is 3.21. The maximum atomic E-state index is 12.7. The lowest BCUT2D eigenvalue weighted by Gasteiger charge is -2.13. The number of carbonyl (C=O) groups is 3. The highest BCUT2D eigenvalue weighted by atomic mass is 79.9. The average molecular weight is 461 g/mol. The summed E-state index contributed by atoms with van der Waals surface area (Å²) in [5.41, 5.74) is 1.04. The molecule has 7 nitrogen and oxygen atoms in total. The summed E-state index contributed by atoms with van der Waals surface area (Å²) in [5, 5.41) is 14.0. The summed E-state index contributed by atoms with van der Waals surface area (Å²) < 4.78 is 6.08. The van der Waals surface area contributed by atoms with Crippen molar-refractivity contribution in [1.82, 2.24) is 10.6 Å². The van der Waals surface area contributed by atoms with Crippen LogP contribution in [-0.2, 0) is 9.59 Å². The molecule has 152 valence electrons. The van der Waals surface area contributed by atoms with E-state index in [-0.39, 0.29) is 30.6 Å². The van der Waals surface area contributed by atoms with Crippen molar-refractivity contribution in [2.24, 2.45) is 0 Å². The lowest BCUT2D eigenvalue weighted by Crippen LogP contribution is -2.35. The maximum absolute atomic E-state index is 12.7. The van der Waals surface area contributed by atoms with E-state index in [1.807, 2.05) is 12.1 Å². The second kappa shape index (κ2) is 11.0. The summed E-state index contributed by atoms with van der Waals surface area (Å²) in [4.78, 5) is 35.9. The van der Waals surface area contributed by atoms with Crippen LogP contribution in [0.4, 0.5) is 0 Å². The third-order valence-corrected chi connectivity index (χ3v) is 4.41. The van der Waals surface area contributed by atoms with Crippen LogP contribution in [0.2, 0.25) is 0 Å². The zero-order valence-corrected chi connectivity index (χ0v) is 17.4. The van der Waals surface area contributed by atoms with Gasteiger partial charge in [0.05, 0.1) is 12.7 Å². The van der Waals surface area contributed by atoms with Gasteiger partial charge >= 0.3 is 5.97 Å². The molecule has 2 amide bonds. The largest absolute Gasteiger partial charge is 0.496 e. The molecule has 2 rings (SSSR count). The third-order valence-electron chi connectivity index (χ3n) is 3.88. The Morgan fingerprint density at radius 1 is 1.10 bits per heavy atom. The first-order chi connectivity index (χ1) is 13.9. The summed E-state index contributed by atoms with van der Waals surface area (Å²) in [5.74, 6) is -1.56. The number of carbonyl (C=O) groups excluding carboxylic acids is 2. The molecule has 0 atom stereocenters. The number of hydrogen-bond acceptors (Lipinski definition) is 4. The van der Waals surface area contributed by atoms with Crippen molar-refractivity contribution in [2.75, 3.05) is 13.7 Å². The third kappa shape index (κ3) is 7.08. The number of benzene rings is 2. The Labute approximate surface area is 176 Å². The number of para-hydroxylation sites is 1. The summed E-state index contributed by atoms with van der Waals surface area (Å²) in [6.07, 6.45) is 1.78. The number of amides is 2. The van der Waals surface area contributed by atoms with Crippen LogP contribution in [0.5, 0.6) is 5.75 Å². The number of hydrogen-bond donors (Lipinski definition) is 3. The van der Waals surface area contributed by atoms with Gasteiger partial charge in [-0.25, -0.2) is 0 Å². The minimum absolute atomic E-state index is 0.0403. The fourth-order valence-corrected chi connectivity index (χ4v) is 2.71. The van der Waals surface area contributed by atoms with Crippen LogP contribution in [0.1, 0.15) is 28.8 Å². The van der Waals surface area contributed by atoms with E-state index in [2.05, 4.69) is 26.6 Å². The Balaban J connectivity index is 2.21. The van der Waals surface area contributed by atoms with Gasteiger partial charge in [0.25, 0.3) is 11.8 Å². The summed E-state index contributed by atoms with van der Waals surface area (Å²) in [6, 6.07) is 13.9. The van der Waals surface area contributed by atoms with Crippen molar-refractivity contribution in [3.8, 4) is 5.75 Å². The van der Waals surface area contributed by atoms with Gasteiger partial charge < -0.3 is 20.5 Å². The second-order valence-corrected chi connectivity index (χ2v) is 6.93. The van der Waals surface area contributed by atoms with Crippen LogP contribution in [0.25, 0.3) is 6.08 Å². The van der Waals surface area contributed by atoms with E-state index in [0.29, 0.717) is 11.3 Å². The Hall–Kier alpha value is -3.13. The van der Waals surface area contributed by atoms with Gasteiger partial charge in [0.2, 0.25) is 0 Å². The van der Waals surface area contributed by atoms with Crippen LogP contribution >= 0.6 is 15.9 Å². The van der Waals surface area contributed by atoms with Gasteiger partial charge in [-0.15, -0.1) is 0 Å². The smallest absolute Gasteiger partial charge is 0.303 e. The molecule has 0 aliphatic heterocycles. The van der Waals surface area contributed by atoms with Gasteiger partial charge in [0, 0.05) is 17.4 Å². The lowest BCUT2D eigenvalue weighted by molar-refractivity contribution is -0.137. The van der Waals surface area contributed by atoms with Crippen LogP contribution in [0.3, 0.4) is 0 Å². The highest BCUT2D eigenvalue weighted by Crippen LogP contribution is 2.18. The Bertz CT molecular complexity index is 910. The van der Waals surface area contributed by atoms with Crippen LogP contribution in [-0.4, -0.2) is 36.5 Å². The number of aliphatic carboxylic acids is 1. The molecule has 0 saturated carbocycles. The van der Waals surface area contributed by atoms with E-state index >= 15 is 0 Å². The van der Waals surface area contributed by atoms with Crippen molar-refractivity contribution in [3.05, 3.63) is 69.8 Å². The zero-order valence-electron chi connectivity index (χ0n) is 15.8. The fourth-order valence-electron chi connectivity index (χ4n) is 2.44. The molecule has 0 spiro atoms. The van der Waals surface area contributed by atoms with E-state index in [1.165, 1.54) is 7.11 Å². The monoisotopic (exact) mass is 460 g/mol. The Morgan fingerprint density at radius 3 is 2.45 bits per heavy atom. The number of nitrogens with one attached hydrogen (secondary N) is 2. The molecule has 8 heteroatoms. The SMILES string of the molecule is COc1ccccc1C(=O)NC(=Cc1ccc(Br)cc1)C(=O)NCCCC(=O)O. The molecular weight excluding hydrogens is 440 g/mol. The molecule has 0 aliphatic rings. The first-order valence-corrected chi connectivity index (χ1v) is 9.61. The van der Waals surface area contributed by atoms with Crippen LogP contribution in [0, 0.1) is 0 Å². The van der Waals surface area contributed by atoms with Gasteiger partial charge in [-0.2, -0.15) is 0 Å². The number of rotatable bonds is 9. The van der Waals surface area contributed by atoms with Crippen molar-refractivity contribution < 1.29 is 24.2 Å². The van der Waals surface area contributed by atoms with E-state index in [4.69, 9.17) is 9.84 Å². The maximum Gasteiger partial charge on any atom is 0.303 e. The molecule has 0 fully saturated rings. The molecule has 2 aromatic rings. The quantitative estimate of drug-likeness (QED) is 0.393. The van der Waals surface area contributed by atoms with Crippen LogP contribution in [0.15, 0.2) is 58.7 Å². The van der Waals surface area contributed by atoms with Crippen molar-refractivity contribution >= 4 is 39.8 Å². The Kier molecular flexibility index (Phi) is 8.42. The molecule has 3 N–H and O–H groups in total. The number of methoxy groups -OCH3 is 1. The second-order valence-electron chi connectivity index (χ2n) is 6.02. The first kappa shape index (κ1) is 22.2. The van der Waals surface area contributed by atoms with E-state index < -0.39 is 17.8 Å². The lowest BCUT2D eigenvalue weighted by atomic mass is 10.1. The van der Waals surface area contributed by atoms with Gasteiger partial charge in [0.15, 0.2) is 0 Å². The summed E-state index contributed by atoms with van der Waals surface area (Å²) in [6.45, 7) is 0.174. The van der Waals surface area contributed by atoms with Gasteiger partial charge in [-0.05, 0) is 42.3 Å². The van der Waals surface area contributed by atoms with Crippen molar-refractivity contribution in [2.45, 2.75) is 12.8 Å². The summed E-state index contributed by atoms with van der Waals surface area (Å²) >= 11 is 3.35. The molecular formula is C21H21BrN2O5. The molecule has 0 saturated heterocycles. The molecule has 29 heavy (non-hydrogen) atoms. The highest BCUT2D eigenvalue weighted by molar-refractivity contribution is 9.10. The minimum Gasteiger partial charge on any atom is -0.496 e. The molecule has 0 bridgehead atoms. The first-order valence-electron chi connectivity index (χ1n) is 8.82. The van der Waals surface area contributed by atoms with Gasteiger partial charge in [-0.1, -0.05) is 40.2 Å². The fraction of sp³-hybridized carbons (Fsp3) is 0.190. The van der Waals surface area contributed by atoms with Crippen molar-refractivity contribution in [3.63, 3.8) is 0 Å². The number of halogens is 1. The molecule has 0 heterocycles. The number of ether oxygens (including phenoxy) is 1. The standard InChI is InChI=1S/C21H21BrN2O5/c1-29-18-6-3-2-5-16(18)20(27)24-17(13-14-8-10-15(22)11-9-14)21(28)23-12-4-7-19(25)26/h2-3,5-6,8-11,13H,4,7,12H2,1H3,(H,23,28)(H,24,27)(H,25,26). The van der Waals surface area contributed by atoms with Crippen molar-refractivity contribution in [1.29, 1.82) is 0 Å². The van der Waals surface area contributed by atoms with E-state index in [1.54, 1.807) is 42.5 Å². The molecule has 0 aromatic heterocycles. The number of carboxylic acid groups (broad SMARTS) is 1. The van der Waals surface area contributed by atoms with Gasteiger partial charge in [-0.3, -0.25) is 14.4 Å². The van der Waals surface area contributed by atoms with Crippen LogP contribution < -0.4 is 15.4 Å². The summed E-state index contributed by atoms with van der Waals surface area (Å²) in [7, 11) is 1.46. The van der Waals surface area contributed by atoms with E-state index in [9.17, 15) is 14.4 Å². The zero-order chi connectivity index (χ0) is 21.2. The molecule has 0 radical (unpaired) electrons. The Morgan fingerprint density at radius 2 is 1.79 bits per heavy atom. The molecule has 2 aromatic carbocycles. The normalized spacial score (nSPS) is 10.9.